The van der Waals surface area contributed by atoms with Crippen LogP contribution in [-0.4, -0.2) is 47.3 Å². The van der Waals surface area contributed by atoms with E-state index in [4.69, 9.17) is 4.74 Å². The summed E-state index contributed by atoms with van der Waals surface area (Å²) in [5, 5.41) is 11.8. The molecule has 138 valence electrons. The molecule has 0 unspecified atom stereocenters. The summed E-state index contributed by atoms with van der Waals surface area (Å²) in [6.45, 7) is 2.10. The summed E-state index contributed by atoms with van der Waals surface area (Å²) >= 11 is 0. The molecule has 1 aromatic carbocycles. The summed E-state index contributed by atoms with van der Waals surface area (Å²) in [5.74, 6) is 0.0541. The van der Waals surface area contributed by atoms with Gasteiger partial charge in [0.15, 0.2) is 0 Å². The Bertz CT molecular complexity index is 845. The summed E-state index contributed by atoms with van der Waals surface area (Å²) in [5.41, 5.74) is 3.96. The molecule has 1 aliphatic carbocycles. The Morgan fingerprint density at radius 3 is 3.00 bits per heavy atom. The lowest BCUT2D eigenvalue weighted by atomic mass is 9.65. The summed E-state index contributed by atoms with van der Waals surface area (Å²) in [4.78, 5) is 18.6. The number of aromatic amines is 1. The van der Waals surface area contributed by atoms with Crippen molar-refractivity contribution in [2.24, 2.45) is 17.8 Å². The van der Waals surface area contributed by atoms with Gasteiger partial charge in [0.05, 0.1) is 25.2 Å². The molecular formula is C21H26N2O3. The van der Waals surface area contributed by atoms with Crippen molar-refractivity contribution in [1.82, 2.24) is 9.88 Å². The summed E-state index contributed by atoms with van der Waals surface area (Å²) < 4.78 is 5.04. The number of benzene rings is 1. The minimum Gasteiger partial charge on any atom is -0.469 e. The monoisotopic (exact) mass is 354 g/mol. The Morgan fingerprint density at radius 1 is 1.31 bits per heavy atom. The van der Waals surface area contributed by atoms with E-state index in [2.05, 4.69) is 34.1 Å². The second-order valence-corrected chi connectivity index (χ2v) is 8.18. The summed E-state index contributed by atoms with van der Waals surface area (Å²) in [7, 11) is 1.43. The molecule has 1 saturated carbocycles. The largest absolute Gasteiger partial charge is 0.469 e. The molecule has 5 atom stereocenters. The summed E-state index contributed by atoms with van der Waals surface area (Å²) in [6, 6.07) is 8.83. The van der Waals surface area contributed by atoms with E-state index in [0.29, 0.717) is 18.4 Å². The number of ether oxygens (including phenoxy) is 1. The van der Waals surface area contributed by atoms with Crippen LogP contribution in [0.5, 0.6) is 0 Å². The lowest BCUT2D eigenvalue weighted by molar-refractivity contribution is -0.160. The van der Waals surface area contributed by atoms with E-state index < -0.39 is 6.10 Å². The van der Waals surface area contributed by atoms with Crippen LogP contribution >= 0.6 is 0 Å². The third-order valence-electron chi connectivity index (χ3n) is 7.02. The molecule has 2 fully saturated rings. The van der Waals surface area contributed by atoms with Crippen LogP contribution in [0.4, 0.5) is 0 Å². The van der Waals surface area contributed by atoms with Crippen molar-refractivity contribution in [3.63, 3.8) is 0 Å². The molecule has 2 aromatic rings. The van der Waals surface area contributed by atoms with E-state index in [0.717, 1.165) is 32.4 Å². The van der Waals surface area contributed by atoms with Crippen molar-refractivity contribution in [3.05, 3.63) is 35.5 Å². The smallest absolute Gasteiger partial charge is 0.311 e. The first-order valence-corrected chi connectivity index (χ1v) is 9.76. The standard InChI is InChI=1S/C21H26N2O3/c1-26-21(25)19-15-10-17-20-14(13-4-2-3-5-16(13)22-20)8-9-23(17)11-12(15)6-7-18(19)24/h2-5,12,15,17-19,22,24H,6-11H2,1H3/t12-,15-,17-,18-,19-/m1/s1. The Labute approximate surface area is 153 Å². The van der Waals surface area contributed by atoms with Gasteiger partial charge in [0.25, 0.3) is 0 Å². The predicted molar refractivity (Wildman–Crippen MR) is 98.7 cm³/mol. The van der Waals surface area contributed by atoms with E-state index in [1.807, 2.05) is 0 Å². The van der Waals surface area contributed by atoms with E-state index in [-0.39, 0.29) is 17.8 Å². The molecule has 0 spiro atoms. The molecule has 26 heavy (non-hydrogen) atoms. The molecule has 5 rings (SSSR count). The van der Waals surface area contributed by atoms with Crippen LogP contribution in [-0.2, 0) is 16.0 Å². The molecular weight excluding hydrogens is 328 g/mol. The van der Waals surface area contributed by atoms with Crippen LogP contribution in [0.15, 0.2) is 24.3 Å². The second-order valence-electron chi connectivity index (χ2n) is 8.18. The van der Waals surface area contributed by atoms with Gasteiger partial charge in [-0.3, -0.25) is 9.69 Å². The third kappa shape index (κ3) is 2.33. The maximum Gasteiger partial charge on any atom is 0.311 e. The molecule has 5 heteroatoms. The zero-order chi connectivity index (χ0) is 17.8. The lowest BCUT2D eigenvalue weighted by Crippen LogP contribution is -2.53. The minimum absolute atomic E-state index is 0.199. The Morgan fingerprint density at radius 2 is 2.15 bits per heavy atom. The van der Waals surface area contributed by atoms with Gasteiger partial charge in [-0.25, -0.2) is 0 Å². The van der Waals surface area contributed by atoms with E-state index in [1.165, 1.54) is 29.3 Å². The van der Waals surface area contributed by atoms with Gasteiger partial charge in [-0.1, -0.05) is 18.2 Å². The maximum absolute atomic E-state index is 12.4. The fourth-order valence-corrected chi connectivity index (χ4v) is 5.80. The number of hydrogen-bond donors (Lipinski definition) is 2. The average molecular weight is 354 g/mol. The van der Waals surface area contributed by atoms with E-state index in [1.54, 1.807) is 0 Å². The molecule has 3 aliphatic rings. The second kappa shape index (κ2) is 6.10. The topological polar surface area (TPSA) is 65.6 Å². The van der Waals surface area contributed by atoms with Gasteiger partial charge < -0.3 is 14.8 Å². The molecule has 2 aliphatic heterocycles. The molecule has 0 amide bonds. The van der Waals surface area contributed by atoms with E-state index in [9.17, 15) is 9.90 Å². The SMILES string of the molecule is COC(=O)[C@@H]1[C@@H]2C[C@@H]3c4[nH]c5ccccc5c4CCN3C[C@H]2CC[C@H]1O. The van der Waals surface area contributed by atoms with Crippen molar-refractivity contribution in [2.75, 3.05) is 20.2 Å². The van der Waals surface area contributed by atoms with Crippen LogP contribution in [0.25, 0.3) is 10.9 Å². The number of aromatic nitrogens is 1. The highest BCUT2D eigenvalue weighted by molar-refractivity contribution is 5.85. The van der Waals surface area contributed by atoms with Crippen LogP contribution in [0.1, 0.15) is 36.6 Å². The fourth-order valence-electron chi connectivity index (χ4n) is 5.80. The van der Waals surface area contributed by atoms with Gasteiger partial charge in [0.1, 0.15) is 0 Å². The highest BCUT2D eigenvalue weighted by Gasteiger charge is 2.49. The Kier molecular flexibility index (Phi) is 3.83. The Hall–Kier alpha value is -1.85. The first kappa shape index (κ1) is 16.3. The van der Waals surface area contributed by atoms with Crippen LogP contribution < -0.4 is 0 Å². The molecule has 1 saturated heterocycles. The van der Waals surface area contributed by atoms with Crippen molar-refractivity contribution in [3.8, 4) is 0 Å². The zero-order valence-corrected chi connectivity index (χ0v) is 15.1. The normalized spacial score (nSPS) is 34.0. The summed E-state index contributed by atoms with van der Waals surface area (Å²) in [6.07, 6.45) is 3.14. The number of piperidine rings is 1. The van der Waals surface area contributed by atoms with Gasteiger partial charge >= 0.3 is 5.97 Å². The number of aliphatic hydroxyl groups is 1. The minimum atomic E-state index is -0.568. The van der Waals surface area contributed by atoms with Crippen LogP contribution in [0, 0.1) is 17.8 Å². The first-order valence-electron chi connectivity index (χ1n) is 9.76. The zero-order valence-electron chi connectivity index (χ0n) is 15.1. The van der Waals surface area contributed by atoms with Gasteiger partial charge in [0.2, 0.25) is 0 Å². The first-order chi connectivity index (χ1) is 12.7. The molecule has 0 bridgehead atoms. The maximum atomic E-state index is 12.4. The van der Waals surface area contributed by atoms with Gasteiger partial charge in [0, 0.05) is 29.7 Å². The molecule has 3 heterocycles. The molecule has 5 nitrogen and oxygen atoms in total. The molecule has 0 radical (unpaired) electrons. The number of H-pyrrole nitrogens is 1. The predicted octanol–water partition coefficient (Wildman–Crippen LogP) is 2.65. The third-order valence-corrected chi connectivity index (χ3v) is 7.02. The molecule has 1 aromatic heterocycles. The number of nitrogens with zero attached hydrogens (tertiary/aromatic N) is 1. The van der Waals surface area contributed by atoms with E-state index >= 15 is 0 Å². The number of fused-ring (bicyclic) bond motifs is 6. The van der Waals surface area contributed by atoms with Crippen molar-refractivity contribution >= 4 is 16.9 Å². The van der Waals surface area contributed by atoms with Crippen molar-refractivity contribution < 1.29 is 14.6 Å². The highest BCUT2D eigenvalue weighted by atomic mass is 16.5. The van der Waals surface area contributed by atoms with Crippen LogP contribution in [0.3, 0.4) is 0 Å². The number of hydrogen-bond acceptors (Lipinski definition) is 4. The lowest BCUT2D eigenvalue weighted by Gasteiger charge is -2.50. The average Bonchev–Trinajstić information content (AvgIpc) is 3.05. The number of esters is 1. The number of para-hydroxylation sites is 1. The highest BCUT2D eigenvalue weighted by Crippen LogP contribution is 2.49. The van der Waals surface area contributed by atoms with Gasteiger partial charge in [-0.2, -0.15) is 0 Å². The number of aliphatic hydroxyl groups excluding tert-OH is 1. The molecule has 2 N–H and O–H groups in total. The van der Waals surface area contributed by atoms with Gasteiger partial charge in [-0.05, 0) is 49.1 Å². The quantitative estimate of drug-likeness (QED) is 0.773. The number of carbonyl (C=O) groups excluding carboxylic acids is 1. The van der Waals surface area contributed by atoms with Gasteiger partial charge in [-0.15, -0.1) is 0 Å². The van der Waals surface area contributed by atoms with Crippen molar-refractivity contribution in [1.29, 1.82) is 0 Å². The fraction of sp³-hybridized carbons (Fsp3) is 0.571. The van der Waals surface area contributed by atoms with Crippen LogP contribution in [0.2, 0.25) is 0 Å². The number of carbonyl (C=O) groups is 1. The number of rotatable bonds is 1. The Balaban J connectivity index is 1.52. The van der Waals surface area contributed by atoms with Crippen molar-refractivity contribution in [2.45, 2.75) is 37.8 Å². The number of nitrogens with one attached hydrogen (secondary N) is 1. The number of methoxy groups -OCH3 is 1.